The minimum atomic E-state index is -3.15. The van der Waals surface area contributed by atoms with Gasteiger partial charge in [-0.15, -0.1) is 0 Å². The van der Waals surface area contributed by atoms with Crippen LogP contribution in [0.15, 0.2) is 0 Å². The van der Waals surface area contributed by atoms with Gasteiger partial charge in [0, 0.05) is 32.7 Å². The average Bonchev–Trinajstić information content (AvgIpc) is 2.41. The summed E-state index contributed by atoms with van der Waals surface area (Å²) in [4.78, 5) is 2.23. The highest BCUT2D eigenvalue weighted by molar-refractivity contribution is 7.90. The monoisotopic (exact) mass is 277 g/mol. The van der Waals surface area contributed by atoms with E-state index in [1.807, 2.05) is 0 Å². The van der Waals surface area contributed by atoms with Crippen molar-refractivity contribution in [3.63, 3.8) is 0 Å². The highest BCUT2D eigenvalue weighted by Crippen LogP contribution is 2.10. The van der Waals surface area contributed by atoms with Gasteiger partial charge in [0.15, 0.2) is 0 Å². The first-order valence-electron chi connectivity index (χ1n) is 6.68. The van der Waals surface area contributed by atoms with E-state index in [-0.39, 0.29) is 5.25 Å². The predicted molar refractivity (Wildman–Crippen MR) is 70.1 cm³/mol. The molecule has 2 N–H and O–H groups in total. The second-order valence-corrected chi connectivity index (χ2v) is 6.91. The van der Waals surface area contributed by atoms with Gasteiger partial charge in [0.2, 0.25) is 10.0 Å². The molecule has 0 radical (unpaired) electrons. The van der Waals surface area contributed by atoms with Crippen LogP contribution in [-0.2, 0) is 14.8 Å². The van der Waals surface area contributed by atoms with Crippen molar-refractivity contribution < 1.29 is 13.2 Å². The number of piperidine rings is 1. The Morgan fingerprint density at radius 2 is 2.11 bits per heavy atom. The van der Waals surface area contributed by atoms with Gasteiger partial charge in [0.1, 0.15) is 0 Å². The molecule has 2 aliphatic heterocycles. The number of morpholine rings is 1. The third-order valence-corrected chi connectivity index (χ3v) is 5.41. The maximum absolute atomic E-state index is 12.0. The van der Waals surface area contributed by atoms with Crippen molar-refractivity contribution in [1.82, 2.24) is 14.9 Å². The summed E-state index contributed by atoms with van der Waals surface area (Å²) in [5.74, 6) is 0. The zero-order chi connectivity index (χ0) is 12.8. The first-order chi connectivity index (χ1) is 8.68. The molecule has 0 aromatic heterocycles. The first-order valence-corrected chi connectivity index (χ1v) is 8.22. The zero-order valence-corrected chi connectivity index (χ0v) is 11.5. The fourth-order valence-corrected chi connectivity index (χ4v) is 3.80. The van der Waals surface area contributed by atoms with Crippen molar-refractivity contribution >= 4 is 10.0 Å². The minimum absolute atomic E-state index is 0.268. The fraction of sp³-hybridized carbons (Fsp3) is 1.00. The van der Waals surface area contributed by atoms with E-state index in [9.17, 15) is 8.42 Å². The van der Waals surface area contributed by atoms with E-state index in [4.69, 9.17) is 4.74 Å². The second-order valence-electron chi connectivity index (χ2n) is 4.86. The number of hydrogen-bond acceptors (Lipinski definition) is 5. The summed E-state index contributed by atoms with van der Waals surface area (Å²) < 4.78 is 32.0. The Bertz CT molecular complexity index is 335. The van der Waals surface area contributed by atoms with Gasteiger partial charge < -0.3 is 10.1 Å². The molecule has 0 saturated carbocycles. The molecule has 0 bridgehead atoms. The smallest absolute Gasteiger partial charge is 0.215 e. The third kappa shape index (κ3) is 4.17. The molecule has 0 aliphatic carbocycles. The van der Waals surface area contributed by atoms with E-state index in [1.165, 1.54) is 0 Å². The van der Waals surface area contributed by atoms with Crippen molar-refractivity contribution in [2.24, 2.45) is 0 Å². The van der Waals surface area contributed by atoms with Gasteiger partial charge in [-0.25, -0.2) is 13.1 Å². The van der Waals surface area contributed by atoms with E-state index in [1.54, 1.807) is 0 Å². The normalized spacial score (nSPS) is 27.2. The third-order valence-electron chi connectivity index (χ3n) is 3.53. The van der Waals surface area contributed by atoms with Crippen LogP contribution in [0.2, 0.25) is 0 Å². The summed E-state index contributed by atoms with van der Waals surface area (Å²) in [6.07, 6.45) is 1.70. The van der Waals surface area contributed by atoms with Crippen LogP contribution in [0.25, 0.3) is 0 Å². The molecule has 6 nitrogen and oxygen atoms in total. The van der Waals surface area contributed by atoms with Crippen molar-refractivity contribution in [1.29, 1.82) is 0 Å². The lowest BCUT2D eigenvalue weighted by molar-refractivity contribution is 0.0390. The number of sulfonamides is 1. The van der Waals surface area contributed by atoms with Gasteiger partial charge in [0.25, 0.3) is 0 Å². The average molecular weight is 277 g/mol. The zero-order valence-electron chi connectivity index (χ0n) is 10.7. The first kappa shape index (κ1) is 14.2. The molecule has 0 aromatic carbocycles. The number of ether oxygens (including phenoxy) is 1. The van der Waals surface area contributed by atoms with Crippen LogP contribution in [-0.4, -0.2) is 71.0 Å². The van der Waals surface area contributed by atoms with E-state index < -0.39 is 10.0 Å². The molecule has 2 heterocycles. The Hall–Kier alpha value is -0.210. The Labute approximate surface area is 109 Å². The van der Waals surface area contributed by atoms with Crippen molar-refractivity contribution in [3.05, 3.63) is 0 Å². The molecule has 0 amide bonds. The molecule has 2 fully saturated rings. The summed E-state index contributed by atoms with van der Waals surface area (Å²) >= 11 is 0. The van der Waals surface area contributed by atoms with Crippen molar-refractivity contribution in [2.45, 2.75) is 18.1 Å². The quantitative estimate of drug-likeness (QED) is 0.674. The van der Waals surface area contributed by atoms with Gasteiger partial charge in [0.05, 0.1) is 18.5 Å². The molecule has 7 heteroatoms. The second kappa shape index (κ2) is 6.81. The van der Waals surface area contributed by atoms with Crippen LogP contribution >= 0.6 is 0 Å². The number of nitrogens with zero attached hydrogens (tertiary/aromatic N) is 1. The number of nitrogens with one attached hydrogen (secondary N) is 2. The standard InChI is InChI=1S/C11H23N3O3S/c15-18(16,11-2-1-3-12-10-11)13-4-5-14-6-8-17-9-7-14/h11-13H,1-10H2. The summed E-state index contributed by atoms with van der Waals surface area (Å²) in [6.45, 7) is 6.06. The summed E-state index contributed by atoms with van der Waals surface area (Å²) in [6, 6.07) is 0. The topological polar surface area (TPSA) is 70.7 Å². The summed E-state index contributed by atoms with van der Waals surface area (Å²) in [7, 11) is -3.15. The molecule has 2 aliphatic rings. The van der Waals surface area contributed by atoms with E-state index in [0.29, 0.717) is 13.1 Å². The molecule has 1 unspecified atom stereocenters. The molecule has 0 spiro atoms. The van der Waals surface area contributed by atoms with E-state index >= 15 is 0 Å². The summed E-state index contributed by atoms with van der Waals surface area (Å²) in [5.41, 5.74) is 0. The van der Waals surface area contributed by atoms with Gasteiger partial charge >= 0.3 is 0 Å². The van der Waals surface area contributed by atoms with Gasteiger partial charge in [-0.1, -0.05) is 0 Å². The van der Waals surface area contributed by atoms with E-state index in [0.717, 1.165) is 52.2 Å². The van der Waals surface area contributed by atoms with Crippen LogP contribution in [0.1, 0.15) is 12.8 Å². The maximum atomic E-state index is 12.0. The van der Waals surface area contributed by atoms with Crippen LogP contribution < -0.4 is 10.0 Å². The van der Waals surface area contributed by atoms with Crippen LogP contribution in [0.4, 0.5) is 0 Å². The van der Waals surface area contributed by atoms with Crippen LogP contribution in [0, 0.1) is 0 Å². The minimum Gasteiger partial charge on any atom is -0.379 e. The molecule has 0 aromatic rings. The Morgan fingerprint density at radius 1 is 1.33 bits per heavy atom. The highest BCUT2D eigenvalue weighted by Gasteiger charge is 2.26. The van der Waals surface area contributed by atoms with Gasteiger partial charge in [-0.3, -0.25) is 4.90 Å². The number of hydrogen-bond donors (Lipinski definition) is 2. The van der Waals surface area contributed by atoms with Crippen molar-refractivity contribution in [3.8, 4) is 0 Å². The van der Waals surface area contributed by atoms with Crippen LogP contribution in [0.5, 0.6) is 0 Å². The molecule has 18 heavy (non-hydrogen) atoms. The van der Waals surface area contributed by atoms with Crippen molar-refractivity contribution in [2.75, 3.05) is 52.5 Å². The molecule has 2 saturated heterocycles. The molecule has 2 rings (SSSR count). The molecular formula is C11H23N3O3S. The van der Waals surface area contributed by atoms with Gasteiger partial charge in [-0.05, 0) is 19.4 Å². The highest BCUT2D eigenvalue weighted by atomic mass is 32.2. The lowest BCUT2D eigenvalue weighted by atomic mass is 10.2. The maximum Gasteiger partial charge on any atom is 0.215 e. The predicted octanol–water partition coefficient (Wildman–Crippen LogP) is -1.01. The molecule has 106 valence electrons. The Kier molecular flexibility index (Phi) is 5.38. The Balaban J connectivity index is 1.70. The van der Waals surface area contributed by atoms with E-state index in [2.05, 4.69) is 14.9 Å². The van der Waals surface area contributed by atoms with Gasteiger partial charge in [-0.2, -0.15) is 0 Å². The molecular weight excluding hydrogens is 254 g/mol. The lowest BCUT2D eigenvalue weighted by Crippen LogP contribution is -2.47. The lowest BCUT2D eigenvalue weighted by Gasteiger charge is -2.27. The fourth-order valence-electron chi connectivity index (χ4n) is 2.37. The van der Waals surface area contributed by atoms with Crippen LogP contribution in [0.3, 0.4) is 0 Å². The summed E-state index contributed by atoms with van der Waals surface area (Å²) in [5, 5.41) is 2.87. The number of rotatable bonds is 5. The molecule has 1 atom stereocenters. The Morgan fingerprint density at radius 3 is 2.78 bits per heavy atom. The SMILES string of the molecule is O=S(=O)(NCCN1CCOCC1)C1CCCNC1. The largest absolute Gasteiger partial charge is 0.379 e.